The quantitative estimate of drug-likeness (QED) is 0.430. The first kappa shape index (κ1) is 17.8. The van der Waals surface area contributed by atoms with Gasteiger partial charge in [0.05, 0.1) is 34.1 Å². The van der Waals surface area contributed by atoms with Crippen molar-refractivity contribution in [3.05, 3.63) is 53.5 Å². The molecule has 0 amide bonds. The third-order valence-electron chi connectivity index (χ3n) is 3.24. The summed E-state index contributed by atoms with van der Waals surface area (Å²) in [5.41, 5.74) is -4.66. The lowest BCUT2D eigenvalue weighted by atomic mass is 10.1. The van der Waals surface area contributed by atoms with E-state index in [1.54, 1.807) is 0 Å². The molecule has 0 radical (unpaired) electrons. The number of hydrogen-bond donors (Lipinski definition) is 0. The molecule has 0 bridgehead atoms. The largest absolute Gasteiger partial charge is 0.324 e. The molecule has 2 heterocycles. The van der Waals surface area contributed by atoms with E-state index in [2.05, 4.69) is 8.57 Å². The fourth-order valence-corrected chi connectivity index (χ4v) is 3.15. The summed E-state index contributed by atoms with van der Waals surface area (Å²) in [5, 5.41) is -1.56. The molecule has 0 N–H and O–H groups in total. The van der Waals surface area contributed by atoms with Gasteiger partial charge < -0.3 is 0 Å². The molecule has 0 spiro atoms. The van der Waals surface area contributed by atoms with Gasteiger partial charge in [-0.15, -0.1) is 0 Å². The van der Waals surface area contributed by atoms with Crippen LogP contribution < -0.4 is 30.8 Å². The van der Waals surface area contributed by atoms with E-state index in [9.17, 15) is 36.0 Å². The lowest BCUT2D eigenvalue weighted by molar-refractivity contribution is 0.266. The predicted octanol–water partition coefficient (Wildman–Crippen LogP) is -3.31. The molecule has 0 aliphatic rings. The molecule has 3 rings (SSSR count). The van der Waals surface area contributed by atoms with Gasteiger partial charge in [-0.1, -0.05) is 9.46 Å². The van der Waals surface area contributed by atoms with Gasteiger partial charge in [0.1, 0.15) is 0 Å². The van der Waals surface area contributed by atoms with E-state index in [4.69, 9.17) is 0 Å². The Morgan fingerprint density at radius 1 is 0.615 bits per heavy atom. The summed E-state index contributed by atoms with van der Waals surface area (Å²) in [7, 11) is -8.40. The van der Waals surface area contributed by atoms with Crippen LogP contribution in [-0.4, -0.2) is 38.8 Å². The highest BCUT2D eigenvalue weighted by atomic mass is 32.2. The van der Waals surface area contributed by atoms with Crippen molar-refractivity contribution < 1.29 is 25.4 Å². The van der Waals surface area contributed by atoms with Gasteiger partial charge >= 0.3 is 20.2 Å². The second-order valence-electron chi connectivity index (χ2n) is 5.31. The standard InChI is InChI=1S/C12H8N2O10S2/c1-25(19,20)23-13-9(15)5-3-7-8(4-6(5)10(13)16)12(18)14(11(7)17)24-26(2,21)22/h3-4H,1-2H3. The summed E-state index contributed by atoms with van der Waals surface area (Å²) in [6, 6.07) is 1.73. The number of nitrogens with zero attached hydrogens (tertiary/aromatic N) is 2. The minimum Gasteiger partial charge on any atom is -0.281 e. The fourth-order valence-electron chi connectivity index (χ4n) is 2.34. The molecule has 14 heteroatoms. The van der Waals surface area contributed by atoms with Gasteiger partial charge in [-0.2, -0.15) is 16.8 Å². The van der Waals surface area contributed by atoms with Crippen LogP contribution in [0.2, 0.25) is 0 Å². The van der Waals surface area contributed by atoms with Gasteiger partial charge in [-0.05, 0) is 12.1 Å². The highest BCUT2D eigenvalue weighted by Gasteiger charge is 2.23. The summed E-state index contributed by atoms with van der Waals surface area (Å²) in [6.45, 7) is 0. The van der Waals surface area contributed by atoms with E-state index in [0.29, 0.717) is 12.5 Å². The van der Waals surface area contributed by atoms with Crippen molar-refractivity contribution in [1.82, 2.24) is 9.46 Å². The molecule has 0 fully saturated rings. The number of fused-ring (bicyclic) bond motifs is 2. The average molecular weight is 404 g/mol. The maximum absolute atomic E-state index is 12.2. The first-order valence-electron chi connectivity index (χ1n) is 6.55. The summed E-state index contributed by atoms with van der Waals surface area (Å²) in [5.74, 6) is 0. The second-order valence-corrected chi connectivity index (χ2v) is 8.42. The van der Waals surface area contributed by atoms with Crippen LogP contribution in [0.4, 0.5) is 0 Å². The molecule has 1 aromatic carbocycles. The Bertz CT molecular complexity index is 1310. The van der Waals surface area contributed by atoms with Gasteiger partial charge in [0.25, 0.3) is 22.2 Å². The van der Waals surface area contributed by atoms with Crippen molar-refractivity contribution >= 4 is 41.8 Å². The zero-order chi connectivity index (χ0) is 19.6. The van der Waals surface area contributed by atoms with Crippen LogP contribution in [0, 0.1) is 0 Å². The Morgan fingerprint density at radius 3 is 1.04 bits per heavy atom. The van der Waals surface area contributed by atoms with Gasteiger partial charge in [-0.3, -0.25) is 27.7 Å². The number of aromatic nitrogens is 2. The topological polar surface area (TPSA) is 165 Å². The van der Waals surface area contributed by atoms with Crippen molar-refractivity contribution in [2.24, 2.45) is 0 Å². The Kier molecular flexibility index (Phi) is 3.59. The minimum absolute atomic E-state index is 0.0190. The third-order valence-corrected chi connectivity index (χ3v) is 4.08. The molecule has 0 aliphatic carbocycles. The molecular formula is C12H8N2O10S2. The third kappa shape index (κ3) is 2.78. The Labute approximate surface area is 143 Å². The highest BCUT2D eigenvalue weighted by Crippen LogP contribution is 2.14. The van der Waals surface area contributed by atoms with Crippen molar-refractivity contribution in [3.63, 3.8) is 0 Å². The Morgan fingerprint density at radius 2 is 0.846 bits per heavy atom. The SMILES string of the molecule is CS(=O)(=O)On1c(=O)c2cc3c(=O)n(OS(C)(=O)=O)c(=O)c3cc2c1=O. The van der Waals surface area contributed by atoms with E-state index in [1.165, 1.54) is 0 Å². The minimum atomic E-state index is -4.20. The zero-order valence-electron chi connectivity index (χ0n) is 12.9. The maximum atomic E-state index is 12.2. The first-order valence-corrected chi connectivity index (χ1v) is 10.2. The molecule has 26 heavy (non-hydrogen) atoms. The van der Waals surface area contributed by atoms with Crippen molar-refractivity contribution in [2.45, 2.75) is 0 Å². The molecule has 3 aromatic rings. The molecule has 0 saturated heterocycles. The summed E-state index contributed by atoms with van der Waals surface area (Å²) in [4.78, 5) is 48.6. The first-order chi connectivity index (χ1) is 11.8. The van der Waals surface area contributed by atoms with Gasteiger partial charge in [0.15, 0.2) is 0 Å². The number of rotatable bonds is 4. The smallest absolute Gasteiger partial charge is 0.281 e. The van der Waals surface area contributed by atoms with E-state index >= 15 is 0 Å². The summed E-state index contributed by atoms with van der Waals surface area (Å²) < 4.78 is 53.2. The molecule has 0 unspecified atom stereocenters. The Balaban J connectivity index is 2.42. The maximum Gasteiger partial charge on any atom is 0.324 e. The molecule has 2 aromatic heterocycles. The molecule has 0 aliphatic heterocycles. The average Bonchev–Trinajstić information content (AvgIpc) is 2.85. The van der Waals surface area contributed by atoms with E-state index in [0.717, 1.165) is 12.1 Å². The van der Waals surface area contributed by atoms with Crippen molar-refractivity contribution in [3.8, 4) is 0 Å². The number of benzene rings is 1. The highest BCUT2D eigenvalue weighted by molar-refractivity contribution is 7.86. The fraction of sp³-hybridized carbons (Fsp3) is 0.167. The van der Waals surface area contributed by atoms with Crippen LogP contribution in [0.1, 0.15) is 0 Å². The van der Waals surface area contributed by atoms with Crippen molar-refractivity contribution in [2.75, 3.05) is 12.5 Å². The number of hydrogen-bond acceptors (Lipinski definition) is 10. The lowest BCUT2D eigenvalue weighted by Crippen LogP contribution is -2.35. The molecular weight excluding hydrogens is 396 g/mol. The lowest BCUT2D eigenvalue weighted by Gasteiger charge is -1.98. The van der Waals surface area contributed by atoms with E-state index in [-0.39, 0.29) is 31.0 Å². The van der Waals surface area contributed by atoms with Crippen LogP contribution in [0.25, 0.3) is 21.5 Å². The Hall–Kier alpha value is -3.00. The van der Waals surface area contributed by atoms with Crippen LogP contribution in [0.15, 0.2) is 31.3 Å². The second kappa shape index (κ2) is 5.25. The van der Waals surface area contributed by atoms with Crippen LogP contribution in [0.5, 0.6) is 0 Å². The molecule has 0 saturated carbocycles. The normalized spacial score (nSPS) is 12.7. The van der Waals surface area contributed by atoms with E-state index in [1.807, 2.05) is 0 Å². The van der Waals surface area contributed by atoms with Crippen LogP contribution in [0.3, 0.4) is 0 Å². The van der Waals surface area contributed by atoms with Gasteiger partial charge in [-0.25, -0.2) is 0 Å². The molecule has 138 valence electrons. The predicted molar refractivity (Wildman–Crippen MR) is 87.7 cm³/mol. The zero-order valence-corrected chi connectivity index (χ0v) is 14.6. The van der Waals surface area contributed by atoms with Crippen LogP contribution >= 0.6 is 0 Å². The van der Waals surface area contributed by atoms with Gasteiger partial charge in [0, 0.05) is 0 Å². The summed E-state index contributed by atoms with van der Waals surface area (Å²) >= 11 is 0. The van der Waals surface area contributed by atoms with Gasteiger partial charge in [0.2, 0.25) is 0 Å². The summed E-state index contributed by atoms with van der Waals surface area (Å²) in [6.07, 6.45) is 1.23. The molecule has 0 atom stereocenters. The van der Waals surface area contributed by atoms with E-state index < -0.39 is 42.5 Å². The van der Waals surface area contributed by atoms with Crippen molar-refractivity contribution in [1.29, 1.82) is 0 Å². The monoisotopic (exact) mass is 404 g/mol. The van der Waals surface area contributed by atoms with Crippen LogP contribution in [-0.2, 0) is 20.2 Å². The molecule has 12 nitrogen and oxygen atoms in total.